The molecule has 188 valence electrons. The van der Waals surface area contributed by atoms with E-state index in [9.17, 15) is 0 Å². The number of hydrogen-bond donors (Lipinski definition) is 2. The topological polar surface area (TPSA) is 76.6 Å². The highest BCUT2D eigenvalue weighted by Crippen LogP contribution is 2.32. The molecule has 0 aromatic heterocycles. The van der Waals surface area contributed by atoms with Gasteiger partial charge in [0.15, 0.2) is 17.5 Å². The van der Waals surface area contributed by atoms with Crippen LogP contribution in [-0.2, 0) is 9.47 Å². The minimum Gasteiger partial charge on any atom is -0.493 e. The molecule has 2 N–H and O–H groups in total. The van der Waals surface area contributed by atoms with E-state index in [2.05, 4.69) is 34.6 Å². The smallest absolute Gasteiger partial charge is 0.191 e. The second-order valence-electron chi connectivity index (χ2n) is 8.30. The second kappa shape index (κ2) is 15.6. The molecule has 1 aromatic carbocycles. The Labute approximate surface area is 215 Å². The fraction of sp³-hybridized carbons (Fsp3) is 0.708. The summed E-state index contributed by atoms with van der Waals surface area (Å²) < 4.78 is 22.3. The van der Waals surface area contributed by atoms with Crippen LogP contribution in [0.4, 0.5) is 0 Å². The van der Waals surface area contributed by atoms with E-state index in [1.807, 2.05) is 6.07 Å². The lowest BCUT2D eigenvalue weighted by atomic mass is 10.0. The van der Waals surface area contributed by atoms with E-state index in [-0.39, 0.29) is 30.0 Å². The first-order valence-electron chi connectivity index (χ1n) is 11.9. The largest absolute Gasteiger partial charge is 0.493 e. The molecular weight excluding hydrogens is 535 g/mol. The normalized spacial score (nSPS) is 17.7. The van der Waals surface area contributed by atoms with Crippen molar-refractivity contribution in [1.29, 1.82) is 0 Å². The van der Waals surface area contributed by atoms with Crippen LogP contribution in [-0.4, -0.2) is 84.2 Å². The quantitative estimate of drug-likeness (QED) is 0.162. The summed E-state index contributed by atoms with van der Waals surface area (Å²) in [6, 6.07) is 6.27. The van der Waals surface area contributed by atoms with Crippen LogP contribution in [0.3, 0.4) is 0 Å². The van der Waals surface area contributed by atoms with Crippen LogP contribution in [0.25, 0.3) is 0 Å². The molecule has 0 radical (unpaired) electrons. The van der Waals surface area contributed by atoms with Crippen LogP contribution in [0.2, 0.25) is 0 Å². The number of halogens is 1. The zero-order valence-corrected chi connectivity index (χ0v) is 22.6. The van der Waals surface area contributed by atoms with Crippen molar-refractivity contribution in [2.45, 2.75) is 32.2 Å². The maximum atomic E-state index is 5.73. The minimum absolute atomic E-state index is 0. The molecule has 0 amide bonds. The first-order valence-corrected chi connectivity index (χ1v) is 11.9. The number of benzene rings is 1. The Hall–Kier alpha value is -1.30. The van der Waals surface area contributed by atoms with Crippen molar-refractivity contribution >= 4 is 29.9 Å². The van der Waals surface area contributed by atoms with Gasteiger partial charge in [-0.1, -0.05) is 6.07 Å². The van der Waals surface area contributed by atoms with E-state index >= 15 is 0 Å². The lowest BCUT2D eigenvalue weighted by Gasteiger charge is -2.34. The van der Waals surface area contributed by atoms with Crippen LogP contribution in [0.15, 0.2) is 23.2 Å². The number of methoxy groups -OCH3 is 2. The van der Waals surface area contributed by atoms with E-state index < -0.39 is 0 Å². The lowest BCUT2D eigenvalue weighted by molar-refractivity contribution is 0.0179. The Morgan fingerprint density at radius 1 is 1.15 bits per heavy atom. The molecule has 9 heteroatoms. The van der Waals surface area contributed by atoms with Gasteiger partial charge in [0, 0.05) is 39.4 Å². The van der Waals surface area contributed by atoms with Crippen LogP contribution in [0.1, 0.15) is 37.8 Å². The number of nitrogens with one attached hydrogen (secondary N) is 2. The zero-order chi connectivity index (χ0) is 22.6. The average molecular weight is 577 g/mol. The molecule has 3 rings (SSSR count). The number of morpholine rings is 1. The van der Waals surface area contributed by atoms with Gasteiger partial charge in [0.2, 0.25) is 0 Å². The van der Waals surface area contributed by atoms with Crippen LogP contribution >= 0.6 is 24.0 Å². The summed E-state index contributed by atoms with van der Waals surface area (Å²) in [5.74, 6) is 3.13. The Bertz CT molecular complexity index is 712. The van der Waals surface area contributed by atoms with Gasteiger partial charge in [0.1, 0.15) is 0 Å². The van der Waals surface area contributed by atoms with E-state index in [0.717, 1.165) is 88.0 Å². The molecule has 1 atom stereocenters. The third-order valence-electron chi connectivity index (χ3n) is 5.85. The average Bonchev–Trinajstić information content (AvgIpc) is 3.66. The number of rotatable bonds is 13. The molecule has 2 fully saturated rings. The molecule has 1 aliphatic carbocycles. The predicted molar refractivity (Wildman–Crippen MR) is 142 cm³/mol. The molecule has 1 saturated carbocycles. The maximum Gasteiger partial charge on any atom is 0.191 e. The van der Waals surface area contributed by atoms with Crippen LogP contribution in [0, 0.1) is 5.92 Å². The van der Waals surface area contributed by atoms with Crippen molar-refractivity contribution in [3.05, 3.63) is 23.8 Å². The summed E-state index contributed by atoms with van der Waals surface area (Å²) >= 11 is 0. The monoisotopic (exact) mass is 576 g/mol. The molecule has 1 aliphatic heterocycles. The highest BCUT2D eigenvalue weighted by molar-refractivity contribution is 14.0. The number of nitrogens with zero attached hydrogens (tertiary/aromatic N) is 2. The Morgan fingerprint density at radius 2 is 1.91 bits per heavy atom. The van der Waals surface area contributed by atoms with Crippen molar-refractivity contribution < 1.29 is 18.9 Å². The van der Waals surface area contributed by atoms with Crippen molar-refractivity contribution in [1.82, 2.24) is 15.5 Å². The van der Waals surface area contributed by atoms with E-state index in [4.69, 9.17) is 23.9 Å². The maximum absolute atomic E-state index is 5.73. The van der Waals surface area contributed by atoms with Gasteiger partial charge in [-0.05, 0) is 49.8 Å². The summed E-state index contributed by atoms with van der Waals surface area (Å²) in [5, 5.41) is 6.81. The van der Waals surface area contributed by atoms with Crippen LogP contribution in [0.5, 0.6) is 11.5 Å². The van der Waals surface area contributed by atoms with E-state index in [1.165, 1.54) is 12.8 Å². The lowest BCUT2D eigenvalue weighted by Crippen LogP contribution is -2.42. The standard InChI is InChI=1S/C24H40N4O4.HI/c1-4-25-24(26-10-5-13-32-18-19-6-7-19)27-17-21(28-11-14-31-15-12-28)20-8-9-22(29-2)23(16-20)30-3;/h8-9,16,19,21H,4-7,10-15,17-18H2,1-3H3,(H2,25,26,27);1H. The van der Waals surface area contributed by atoms with E-state index in [1.54, 1.807) is 14.2 Å². The van der Waals surface area contributed by atoms with E-state index in [0.29, 0.717) is 6.54 Å². The Balaban J connectivity index is 0.00000385. The fourth-order valence-electron chi connectivity index (χ4n) is 3.82. The molecule has 0 spiro atoms. The van der Waals surface area contributed by atoms with Crippen molar-refractivity contribution in [3.63, 3.8) is 0 Å². The summed E-state index contributed by atoms with van der Waals surface area (Å²) in [5.41, 5.74) is 1.16. The molecule has 1 saturated heterocycles. The van der Waals surface area contributed by atoms with Gasteiger partial charge in [-0.2, -0.15) is 0 Å². The van der Waals surface area contributed by atoms with Gasteiger partial charge in [-0.25, -0.2) is 0 Å². The first kappa shape index (κ1) is 27.9. The van der Waals surface area contributed by atoms with Crippen molar-refractivity contribution in [2.75, 3.05) is 73.4 Å². The molecule has 8 nitrogen and oxygen atoms in total. The highest BCUT2D eigenvalue weighted by Gasteiger charge is 2.24. The van der Waals surface area contributed by atoms with Gasteiger partial charge in [-0.15, -0.1) is 24.0 Å². The summed E-state index contributed by atoms with van der Waals surface area (Å²) in [6.45, 7) is 9.36. The fourth-order valence-corrected chi connectivity index (χ4v) is 3.82. The summed E-state index contributed by atoms with van der Waals surface area (Å²) in [4.78, 5) is 7.35. The van der Waals surface area contributed by atoms with Crippen molar-refractivity contribution in [2.24, 2.45) is 10.9 Å². The SMILES string of the molecule is CCNC(=NCC(c1ccc(OC)c(OC)c1)N1CCOCC1)NCCCOCC1CC1.I. The molecule has 1 unspecified atom stereocenters. The number of hydrogen-bond acceptors (Lipinski definition) is 6. The third-order valence-corrected chi connectivity index (χ3v) is 5.85. The van der Waals surface area contributed by atoms with Gasteiger partial charge in [0.25, 0.3) is 0 Å². The second-order valence-corrected chi connectivity index (χ2v) is 8.30. The summed E-state index contributed by atoms with van der Waals surface area (Å²) in [7, 11) is 3.33. The van der Waals surface area contributed by atoms with Gasteiger partial charge in [0.05, 0.1) is 40.0 Å². The Morgan fingerprint density at radius 3 is 2.58 bits per heavy atom. The zero-order valence-electron chi connectivity index (χ0n) is 20.3. The van der Waals surface area contributed by atoms with Gasteiger partial charge < -0.3 is 29.6 Å². The molecule has 33 heavy (non-hydrogen) atoms. The Kier molecular flexibility index (Phi) is 13.2. The molecule has 1 aromatic rings. The predicted octanol–water partition coefficient (Wildman–Crippen LogP) is 3.07. The molecular formula is C24H41IN4O4. The molecule has 1 heterocycles. The number of guanidine groups is 1. The van der Waals surface area contributed by atoms with Gasteiger partial charge >= 0.3 is 0 Å². The highest BCUT2D eigenvalue weighted by atomic mass is 127. The summed E-state index contributed by atoms with van der Waals surface area (Å²) in [6.07, 6.45) is 3.64. The van der Waals surface area contributed by atoms with Gasteiger partial charge in [-0.3, -0.25) is 9.89 Å². The van der Waals surface area contributed by atoms with Crippen molar-refractivity contribution in [3.8, 4) is 11.5 Å². The number of aliphatic imine (C=N–C) groups is 1. The minimum atomic E-state index is 0. The first-order chi connectivity index (χ1) is 15.7. The third kappa shape index (κ3) is 9.46. The molecule has 2 aliphatic rings. The van der Waals surface area contributed by atoms with Crippen LogP contribution < -0.4 is 20.1 Å². The molecule has 0 bridgehead atoms. The number of ether oxygens (including phenoxy) is 4.